The van der Waals surface area contributed by atoms with Crippen LogP contribution in [0.4, 0.5) is 4.79 Å². The summed E-state index contributed by atoms with van der Waals surface area (Å²) in [5.74, 6) is 0. The zero-order valence-corrected chi connectivity index (χ0v) is 14.3. The van der Waals surface area contributed by atoms with Crippen LogP contribution in [0.5, 0.6) is 0 Å². The molecule has 7 nitrogen and oxygen atoms in total. The second kappa shape index (κ2) is 7.76. The van der Waals surface area contributed by atoms with E-state index in [1.165, 1.54) is 7.05 Å². The molecule has 128 valence electrons. The molecule has 1 aliphatic rings. The largest absolute Gasteiger partial charge is 0.331 e. The van der Waals surface area contributed by atoms with E-state index in [9.17, 15) is 13.2 Å². The average molecular weight is 340 g/mol. The van der Waals surface area contributed by atoms with E-state index in [2.05, 4.69) is 14.8 Å². The lowest BCUT2D eigenvalue weighted by molar-refractivity contribution is 0.177. The SMILES string of the molecule is CNS(=O)(=O)NC1CCN(C(=O)N[C@@H](C)c2ccccc2)CC1. The van der Waals surface area contributed by atoms with Gasteiger partial charge in [0, 0.05) is 26.2 Å². The minimum atomic E-state index is -3.43. The van der Waals surface area contributed by atoms with Gasteiger partial charge in [-0.2, -0.15) is 13.1 Å². The Labute approximate surface area is 137 Å². The molecular formula is C15H24N4O3S. The number of benzene rings is 1. The van der Waals surface area contributed by atoms with Gasteiger partial charge < -0.3 is 10.2 Å². The molecule has 2 amide bonds. The van der Waals surface area contributed by atoms with Crippen LogP contribution in [0.25, 0.3) is 0 Å². The average Bonchev–Trinajstić information content (AvgIpc) is 2.56. The highest BCUT2D eigenvalue weighted by Crippen LogP contribution is 2.14. The molecular weight excluding hydrogens is 316 g/mol. The van der Waals surface area contributed by atoms with Crippen LogP contribution >= 0.6 is 0 Å². The summed E-state index contributed by atoms with van der Waals surface area (Å²) < 4.78 is 27.7. The van der Waals surface area contributed by atoms with E-state index in [1.54, 1.807) is 4.90 Å². The predicted octanol–water partition coefficient (Wildman–Crippen LogP) is 0.975. The summed E-state index contributed by atoms with van der Waals surface area (Å²) in [5, 5.41) is 2.98. The van der Waals surface area contributed by atoms with E-state index >= 15 is 0 Å². The monoisotopic (exact) mass is 340 g/mol. The zero-order valence-electron chi connectivity index (χ0n) is 13.5. The molecule has 0 aromatic heterocycles. The van der Waals surface area contributed by atoms with Crippen LogP contribution in [-0.4, -0.2) is 45.5 Å². The first kappa shape index (κ1) is 17.7. The maximum atomic E-state index is 12.3. The smallest absolute Gasteiger partial charge is 0.317 e. The minimum absolute atomic E-state index is 0.0655. The number of rotatable bonds is 5. The minimum Gasteiger partial charge on any atom is -0.331 e. The summed E-state index contributed by atoms with van der Waals surface area (Å²) >= 11 is 0. The topological polar surface area (TPSA) is 90.5 Å². The van der Waals surface area contributed by atoms with E-state index in [4.69, 9.17) is 0 Å². The molecule has 23 heavy (non-hydrogen) atoms. The molecule has 3 N–H and O–H groups in total. The molecule has 2 rings (SSSR count). The lowest BCUT2D eigenvalue weighted by Gasteiger charge is -2.33. The van der Waals surface area contributed by atoms with Crippen LogP contribution in [0.15, 0.2) is 30.3 Å². The molecule has 0 unspecified atom stereocenters. The summed E-state index contributed by atoms with van der Waals surface area (Å²) in [5.41, 5.74) is 1.05. The number of hydrogen-bond donors (Lipinski definition) is 3. The van der Waals surface area contributed by atoms with Crippen molar-refractivity contribution in [1.29, 1.82) is 0 Å². The van der Waals surface area contributed by atoms with E-state index in [-0.39, 0.29) is 18.1 Å². The van der Waals surface area contributed by atoms with Crippen molar-refractivity contribution in [2.24, 2.45) is 0 Å². The lowest BCUT2D eigenvalue weighted by Crippen LogP contribution is -2.51. The molecule has 1 aromatic rings. The van der Waals surface area contributed by atoms with Crippen LogP contribution in [0, 0.1) is 0 Å². The molecule has 0 saturated carbocycles. The Morgan fingerprint density at radius 3 is 2.39 bits per heavy atom. The number of piperidine rings is 1. The predicted molar refractivity (Wildman–Crippen MR) is 89.1 cm³/mol. The Bertz CT molecular complexity index is 613. The quantitative estimate of drug-likeness (QED) is 0.746. The number of likely N-dealkylation sites (tertiary alicyclic amines) is 1. The molecule has 1 saturated heterocycles. The molecule has 0 spiro atoms. The molecule has 8 heteroatoms. The number of amides is 2. The summed E-state index contributed by atoms with van der Waals surface area (Å²) in [7, 11) is -2.06. The molecule has 1 aliphatic heterocycles. The molecule has 0 aliphatic carbocycles. The van der Waals surface area contributed by atoms with Crippen molar-refractivity contribution in [3.05, 3.63) is 35.9 Å². The van der Waals surface area contributed by atoms with Crippen molar-refractivity contribution < 1.29 is 13.2 Å². The van der Waals surface area contributed by atoms with Gasteiger partial charge in [-0.15, -0.1) is 0 Å². The van der Waals surface area contributed by atoms with Crippen LogP contribution in [0.2, 0.25) is 0 Å². The van der Waals surface area contributed by atoms with Crippen molar-refractivity contribution in [3.63, 3.8) is 0 Å². The van der Waals surface area contributed by atoms with E-state index < -0.39 is 10.2 Å². The Hall–Kier alpha value is -1.64. The third-order valence-electron chi connectivity index (χ3n) is 4.01. The number of hydrogen-bond acceptors (Lipinski definition) is 3. The zero-order chi connectivity index (χ0) is 16.9. The first-order valence-corrected chi connectivity index (χ1v) is 9.21. The van der Waals surface area contributed by atoms with Gasteiger partial charge in [0.2, 0.25) is 0 Å². The summed E-state index contributed by atoms with van der Waals surface area (Å²) in [6, 6.07) is 9.46. The molecule has 0 bridgehead atoms. The van der Waals surface area contributed by atoms with Crippen molar-refractivity contribution in [1.82, 2.24) is 19.7 Å². The number of carbonyl (C=O) groups excluding carboxylic acids is 1. The van der Waals surface area contributed by atoms with Gasteiger partial charge in [-0.05, 0) is 25.3 Å². The Kier molecular flexibility index (Phi) is 5.97. The normalized spacial score (nSPS) is 17.7. The molecule has 1 fully saturated rings. The molecule has 1 heterocycles. The first-order chi connectivity index (χ1) is 10.9. The first-order valence-electron chi connectivity index (χ1n) is 7.72. The lowest BCUT2D eigenvalue weighted by atomic mass is 10.1. The van der Waals surface area contributed by atoms with Crippen LogP contribution in [-0.2, 0) is 10.2 Å². The highest BCUT2D eigenvalue weighted by molar-refractivity contribution is 7.87. The molecule has 1 atom stereocenters. The molecule has 1 aromatic carbocycles. The highest BCUT2D eigenvalue weighted by atomic mass is 32.2. The second-order valence-electron chi connectivity index (χ2n) is 5.67. The van der Waals surface area contributed by atoms with Crippen molar-refractivity contribution in [2.45, 2.75) is 31.8 Å². The van der Waals surface area contributed by atoms with Gasteiger partial charge in [0.05, 0.1) is 6.04 Å². The van der Waals surface area contributed by atoms with Gasteiger partial charge >= 0.3 is 6.03 Å². The van der Waals surface area contributed by atoms with Crippen molar-refractivity contribution in [3.8, 4) is 0 Å². The summed E-state index contributed by atoms with van der Waals surface area (Å²) in [6.07, 6.45) is 1.21. The van der Waals surface area contributed by atoms with Crippen molar-refractivity contribution >= 4 is 16.2 Å². The third-order valence-corrected chi connectivity index (χ3v) is 5.19. The Balaban J connectivity index is 1.82. The van der Waals surface area contributed by atoms with E-state index in [0.717, 1.165) is 5.56 Å². The fourth-order valence-corrected chi connectivity index (χ4v) is 3.37. The molecule has 0 radical (unpaired) electrons. The standard InChI is InChI=1S/C15H24N4O3S/c1-12(13-6-4-3-5-7-13)17-15(20)19-10-8-14(9-11-19)18-23(21,22)16-2/h3-7,12,14,16,18H,8-11H2,1-2H3,(H,17,20)/t12-/m0/s1. The maximum Gasteiger partial charge on any atom is 0.317 e. The van der Waals surface area contributed by atoms with Gasteiger partial charge in [0.25, 0.3) is 10.2 Å². The second-order valence-corrected chi connectivity index (χ2v) is 7.32. The van der Waals surface area contributed by atoms with E-state index in [1.807, 2.05) is 37.3 Å². The third kappa shape index (κ3) is 5.19. The highest BCUT2D eigenvalue weighted by Gasteiger charge is 2.26. The van der Waals surface area contributed by atoms with Gasteiger partial charge in [0.1, 0.15) is 0 Å². The number of nitrogens with zero attached hydrogens (tertiary/aromatic N) is 1. The Morgan fingerprint density at radius 1 is 1.22 bits per heavy atom. The summed E-state index contributed by atoms with van der Waals surface area (Å²) in [4.78, 5) is 14.0. The Morgan fingerprint density at radius 2 is 1.83 bits per heavy atom. The number of nitrogens with one attached hydrogen (secondary N) is 3. The fraction of sp³-hybridized carbons (Fsp3) is 0.533. The maximum absolute atomic E-state index is 12.3. The van der Waals surface area contributed by atoms with Crippen LogP contribution in [0.1, 0.15) is 31.4 Å². The van der Waals surface area contributed by atoms with Crippen LogP contribution < -0.4 is 14.8 Å². The number of carbonyl (C=O) groups is 1. The van der Waals surface area contributed by atoms with Gasteiger partial charge in [-0.1, -0.05) is 30.3 Å². The van der Waals surface area contributed by atoms with Gasteiger partial charge in [0.15, 0.2) is 0 Å². The fourth-order valence-electron chi connectivity index (χ4n) is 2.58. The van der Waals surface area contributed by atoms with Crippen LogP contribution in [0.3, 0.4) is 0 Å². The van der Waals surface area contributed by atoms with E-state index in [0.29, 0.717) is 25.9 Å². The van der Waals surface area contributed by atoms with Gasteiger partial charge in [-0.25, -0.2) is 9.52 Å². The van der Waals surface area contributed by atoms with Gasteiger partial charge in [-0.3, -0.25) is 0 Å². The number of urea groups is 1. The summed E-state index contributed by atoms with van der Waals surface area (Å²) in [6.45, 7) is 3.01. The van der Waals surface area contributed by atoms with Crippen molar-refractivity contribution in [2.75, 3.05) is 20.1 Å².